The zero-order valence-electron chi connectivity index (χ0n) is 14.7. The summed E-state index contributed by atoms with van der Waals surface area (Å²) in [4.78, 5) is 0. The molecule has 0 amide bonds. The molecule has 2 aromatic rings. The van der Waals surface area contributed by atoms with Crippen molar-refractivity contribution in [3.8, 4) is 23.0 Å². The number of hydrogen-bond donors (Lipinski definition) is 8. The van der Waals surface area contributed by atoms with E-state index in [4.69, 9.17) is 20.4 Å². The van der Waals surface area contributed by atoms with Crippen LogP contribution >= 0.6 is 0 Å². The van der Waals surface area contributed by atoms with Gasteiger partial charge in [-0.3, -0.25) is 0 Å². The van der Waals surface area contributed by atoms with Gasteiger partial charge in [-0.05, 0) is 49.5 Å². The Morgan fingerprint density at radius 2 is 1.00 bits per heavy atom. The molecule has 0 saturated heterocycles. The van der Waals surface area contributed by atoms with Gasteiger partial charge < -0.3 is 41.3 Å². The summed E-state index contributed by atoms with van der Waals surface area (Å²) in [6.45, 7) is 0.814. The van der Waals surface area contributed by atoms with Gasteiger partial charge >= 0.3 is 0 Å². The van der Waals surface area contributed by atoms with E-state index in [9.17, 15) is 10.2 Å². The van der Waals surface area contributed by atoms with Crippen molar-refractivity contribution in [1.29, 1.82) is 0 Å². The van der Waals surface area contributed by atoms with Crippen LogP contribution in [0, 0.1) is 0 Å². The standard InChI is InChI=1S/2C9H13NO3/c2*1-10-5-9(13)6-2-3-7(11)8(12)4-6/h2*2-4,9-13H,5H2,1H3. The molecule has 0 aromatic heterocycles. The molecular formula is C18H26N2O6. The van der Waals surface area contributed by atoms with Gasteiger partial charge in [-0.15, -0.1) is 0 Å². The van der Waals surface area contributed by atoms with Gasteiger partial charge in [0.15, 0.2) is 23.0 Å². The van der Waals surface area contributed by atoms with Crippen LogP contribution in [0.3, 0.4) is 0 Å². The van der Waals surface area contributed by atoms with Gasteiger partial charge in [0.2, 0.25) is 0 Å². The van der Waals surface area contributed by atoms with Gasteiger partial charge in [-0.1, -0.05) is 12.1 Å². The second kappa shape index (κ2) is 10.5. The highest BCUT2D eigenvalue weighted by atomic mass is 16.3. The molecule has 0 heterocycles. The molecule has 8 nitrogen and oxygen atoms in total. The lowest BCUT2D eigenvalue weighted by Crippen LogP contribution is -2.16. The van der Waals surface area contributed by atoms with Crippen LogP contribution in [0.1, 0.15) is 23.3 Å². The fraction of sp³-hybridized carbons (Fsp3) is 0.333. The quantitative estimate of drug-likeness (QED) is 0.349. The summed E-state index contributed by atoms with van der Waals surface area (Å²) in [5.41, 5.74) is 1.15. The molecule has 0 fully saturated rings. The summed E-state index contributed by atoms with van der Waals surface area (Å²) in [5.74, 6) is -0.791. The highest BCUT2D eigenvalue weighted by Gasteiger charge is 2.09. The highest BCUT2D eigenvalue weighted by molar-refractivity contribution is 5.42. The minimum absolute atomic E-state index is 0.180. The maximum absolute atomic E-state index is 9.48. The molecule has 2 atom stereocenters. The first-order chi connectivity index (χ1) is 12.3. The Morgan fingerprint density at radius 3 is 1.27 bits per heavy atom. The fourth-order valence-electron chi connectivity index (χ4n) is 2.12. The molecule has 2 rings (SSSR count). The number of aliphatic hydroxyl groups is 2. The van der Waals surface area contributed by atoms with Crippen molar-refractivity contribution in [3.63, 3.8) is 0 Å². The van der Waals surface area contributed by atoms with E-state index in [0.717, 1.165) is 0 Å². The van der Waals surface area contributed by atoms with Crippen molar-refractivity contribution >= 4 is 0 Å². The maximum atomic E-state index is 9.48. The fourth-order valence-corrected chi connectivity index (χ4v) is 2.12. The van der Waals surface area contributed by atoms with E-state index in [2.05, 4.69) is 10.6 Å². The van der Waals surface area contributed by atoms with Crippen molar-refractivity contribution in [2.75, 3.05) is 27.2 Å². The summed E-state index contributed by atoms with van der Waals surface area (Å²) in [7, 11) is 3.45. The molecule has 0 aliphatic rings. The number of likely N-dealkylation sites (N-methyl/N-ethyl adjacent to an activating group) is 2. The molecule has 0 bridgehead atoms. The molecule has 0 radical (unpaired) electrons. The predicted molar refractivity (Wildman–Crippen MR) is 97.3 cm³/mol. The zero-order chi connectivity index (χ0) is 19.7. The van der Waals surface area contributed by atoms with Crippen LogP contribution in [-0.2, 0) is 0 Å². The lowest BCUT2D eigenvalue weighted by atomic mass is 10.1. The third-order valence-electron chi connectivity index (χ3n) is 3.56. The molecule has 0 saturated carbocycles. The molecule has 2 aromatic carbocycles. The Hall–Kier alpha value is -2.52. The van der Waals surface area contributed by atoms with E-state index in [-0.39, 0.29) is 23.0 Å². The SMILES string of the molecule is CNCC(O)c1ccc(O)c(O)c1.CNCC(O)c1ccc(O)c(O)c1. The molecule has 26 heavy (non-hydrogen) atoms. The first-order valence-corrected chi connectivity index (χ1v) is 7.99. The van der Waals surface area contributed by atoms with Gasteiger partial charge in [0.25, 0.3) is 0 Å². The van der Waals surface area contributed by atoms with Crippen molar-refractivity contribution in [1.82, 2.24) is 10.6 Å². The highest BCUT2D eigenvalue weighted by Crippen LogP contribution is 2.28. The van der Waals surface area contributed by atoms with Crippen LogP contribution in [-0.4, -0.2) is 57.8 Å². The Morgan fingerprint density at radius 1 is 0.654 bits per heavy atom. The van der Waals surface area contributed by atoms with Gasteiger partial charge in [0.05, 0.1) is 12.2 Å². The molecule has 0 aliphatic carbocycles. The summed E-state index contributed by atoms with van der Waals surface area (Å²) < 4.78 is 0. The number of benzene rings is 2. The van der Waals surface area contributed by atoms with Gasteiger partial charge in [0.1, 0.15) is 0 Å². The Kier molecular flexibility index (Phi) is 8.66. The summed E-state index contributed by atoms with van der Waals surface area (Å²) in [6, 6.07) is 8.52. The zero-order valence-corrected chi connectivity index (χ0v) is 14.7. The van der Waals surface area contributed by atoms with Crippen molar-refractivity contribution in [2.24, 2.45) is 0 Å². The molecule has 0 spiro atoms. The first kappa shape index (κ1) is 21.5. The van der Waals surface area contributed by atoms with Crippen LogP contribution in [0.2, 0.25) is 0 Å². The average Bonchev–Trinajstić information content (AvgIpc) is 2.60. The van der Waals surface area contributed by atoms with E-state index >= 15 is 0 Å². The Labute approximate surface area is 152 Å². The second-order valence-corrected chi connectivity index (χ2v) is 5.64. The van der Waals surface area contributed by atoms with E-state index in [1.165, 1.54) is 24.3 Å². The van der Waals surface area contributed by atoms with Crippen LogP contribution < -0.4 is 10.6 Å². The summed E-state index contributed by atoms with van der Waals surface area (Å²) >= 11 is 0. The molecule has 2 unspecified atom stereocenters. The van der Waals surface area contributed by atoms with E-state index < -0.39 is 12.2 Å². The number of phenols is 4. The normalized spacial score (nSPS) is 12.8. The minimum Gasteiger partial charge on any atom is -0.504 e. The van der Waals surface area contributed by atoms with Crippen molar-refractivity contribution in [2.45, 2.75) is 12.2 Å². The van der Waals surface area contributed by atoms with Crippen LogP contribution in [0.15, 0.2) is 36.4 Å². The molecule has 144 valence electrons. The Balaban J connectivity index is 0.000000260. The maximum Gasteiger partial charge on any atom is 0.157 e. The number of nitrogens with one attached hydrogen (secondary N) is 2. The minimum atomic E-state index is -0.670. The number of hydrogen-bond acceptors (Lipinski definition) is 8. The predicted octanol–water partition coefficient (Wildman–Crippen LogP) is 0.701. The molecule has 8 heteroatoms. The number of aliphatic hydroxyl groups excluding tert-OH is 2. The summed E-state index contributed by atoms with van der Waals surface area (Å²) in [5, 5.41) is 60.9. The molecule has 8 N–H and O–H groups in total. The smallest absolute Gasteiger partial charge is 0.157 e. The lowest BCUT2D eigenvalue weighted by molar-refractivity contribution is 0.177. The van der Waals surface area contributed by atoms with Crippen LogP contribution in [0.25, 0.3) is 0 Å². The van der Waals surface area contributed by atoms with Gasteiger partial charge in [0, 0.05) is 13.1 Å². The van der Waals surface area contributed by atoms with E-state index in [1.807, 2.05) is 0 Å². The number of rotatable bonds is 6. The van der Waals surface area contributed by atoms with Gasteiger partial charge in [-0.2, -0.15) is 0 Å². The number of aromatic hydroxyl groups is 4. The van der Waals surface area contributed by atoms with E-state index in [1.54, 1.807) is 26.2 Å². The monoisotopic (exact) mass is 366 g/mol. The lowest BCUT2D eigenvalue weighted by Gasteiger charge is -2.10. The summed E-state index contributed by atoms with van der Waals surface area (Å²) in [6.07, 6.45) is -1.34. The molecule has 0 aliphatic heterocycles. The van der Waals surface area contributed by atoms with Crippen LogP contribution in [0.4, 0.5) is 0 Å². The molecular weight excluding hydrogens is 340 g/mol. The second-order valence-electron chi connectivity index (χ2n) is 5.64. The number of phenolic OH excluding ortho intramolecular Hbond substituents is 4. The largest absolute Gasteiger partial charge is 0.504 e. The van der Waals surface area contributed by atoms with Crippen molar-refractivity contribution < 1.29 is 30.6 Å². The third-order valence-corrected chi connectivity index (χ3v) is 3.56. The Bertz CT molecular complexity index is 636. The van der Waals surface area contributed by atoms with Gasteiger partial charge in [-0.25, -0.2) is 0 Å². The topological polar surface area (TPSA) is 145 Å². The van der Waals surface area contributed by atoms with Crippen molar-refractivity contribution in [3.05, 3.63) is 47.5 Å². The first-order valence-electron chi connectivity index (χ1n) is 7.99. The van der Waals surface area contributed by atoms with Crippen LogP contribution in [0.5, 0.6) is 23.0 Å². The third kappa shape index (κ3) is 6.41. The van der Waals surface area contributed by atoms with E-state index in [0.29, 0.717) is 24.2 Å². The average molecular weight is 366 g/mol.